The molecule has 0 radical (unpaired) electrons. The van der Waals surface area contributed by atoms with E-state index in [1.54, 1.807) is 13.0 Å². The highest BCUT2D eigenvalue weighted by molar-refractivity contribution is 7.99. The second-order valence-electron chi connectivity index (χ2n) is 3.41. The molecule has 0 aliphatic carbocycles. The highest BCUT2D eigenvalue weighted by Crippen LogP contribution is 2.41. The zero-order chi connectivity index (χ0) is 12.9. The summed E-state index contributed by atoms with van der Waals surface area (Å²) in [6, 6.07) is 4.06. The average molecular weight is 264 g/mol. The van der Waals surface area contributed by atoms with Crippen LogP contribution < -0.4 is 4.74 Å². The topological polar surface area (TPSA) is 9.23 Å². The van der Waals surface area contributed by atoms with Gasteiger partial charge in [0.15, 0.2) is 0 Å². The van der Waals surface area contributed by atoms with Crippen molar-refractivity contribution in [3.05, 3.63) is 23.8 Å². The minimum Gasteiger partial charge on any atom is -0.493 e. The fraction of sp³-hybridized carbons (Fsp3) is 0.500. The first-order chi connectivity index (χ1) is 8.00. The van der Waals surface area contributed by atoms with Crippen molar-refractivity contribution in [2.75, 3.05) is 12.4 Å². The second kappa shape index (κ2) is 6.19. The molecule has 0 aliphatic rings. The molecule has 96 valence electrons. The Morgan fingerprint density at radius 1 is 1.24 bits per heavy atom. The smallest absolute Gasteiger partial charge is 0.417 e. The molecule has 0 aliphatic heterocycles. The van der Waals surface area contributed by atoms with Gasteiger partial charge in [0.05, 0.1) is 17.1 Å². The van der Waals surface area contributed by atoms with E-state index in [-0.39, 0.29) is 4.90 Å². The molecule has 1 aromatic carbocycles. The minimum atomic E-state index is -4.33. The molecule has 0 aromatic heterocycles. The van der Waals surface area contributed by atoms with Crippen molar-refractivity contribution in [3.8, 4) is 5.75 Å². The summed E-state index contributed by atoms with van der Waals surface area (Å²) < 4.78 is 43.7. The predicted molar refractivity (Wildman–Crippen MR) is 63.6 cm³/mol. The van der Waals surface area contributed by atoms with Gasteiger partial charge in [-0.25, -0.2) is 0 Å². The lowest BCUT2D eigenvalue weighted by atomic mass is 10.2. The van der Waals surface area contributed by atoms with Crippen LogP contribution in [0.5, 0.6) is 5.75 Å². The Hall–Kier alpha value is -0.840. The van der Waals surface area contributed by atoms with Crippen LogP contribution in [0, 0.1) is 0 Å². The van der Waals surface area contributed by atoms with E-state index < -0.39 is 11.7 Å². The maximum absolute atomic E-state index is 12.8. The van der Waals surface area contributed by atoms with Crippen LogP contribution >= 0.6 is 11.8 Å². The van der Waals surface area contributed by atoms with E-state index in [1.165, 1.54) is 17.8 Å². The van der Waals surface area contributed by atoms with Crippen LogP contribution in [0.2, 0.25) is 0 Å². The lowest BCUT2D eigenvalue weighted by Gasteiger charge is -2.16. The fourth-order valence-corrected chi connectivity index (χ4v) is 2.38. The molecule has 0 atom stereocenters. The normalized spacial score (nSPS) is 11.6. The third-order valence-corrected chi connectivity index (χ3v) is 3.36. The van der Waals surface area contributed by atoms with E-state index in [0.717, 1.165) is 12.5 Å². The van der Waals surface area contributed by atoms with Crippen molar-refractivity contribution >= 4 is 11.8 Å². The molecule has 0 fully saturated rings. The van der Waals surface area contributed by atoms with Crippen LogP contribution in [-0.2, 0) is 6.18 Å². The van der Waals surface area contributed by atoms with Gasteiger partial charge in [-0.1, -0.05) is 13.0 Å². The summed E-state index contributed by atoms with van der Waals surface area (Å²) in [4.78, 5) is 0.198. The van der Waals surface area contributed by atoms with Gasteiger partial charge < -0.3 is 4.74 Å². The highest BCUT2D eigenvalue weighted by atomic mass is 32.2. The molecular formula is C12H15F3OS. The number of halogens is 3. The molecule has 0 N–H and O–H groups in total. The number of thioether (sulfide) groups is 1. The Morgan fingerprint density at radius 3 is 2.47 bits per heavy atom. The number of benzene rings is 1. The molecule has 5 heteroatoms. The first kappa shape index (κ1) is 14.2. The van der Waals surface area contributed by atoms with Gasteiger partial charge >= 0.3 is 6.18 Å². The Balaban J connectivity index is 3.14. The zero-order valence-electron chi connectivity index (χ0n) is 9.80. The van der Waals surface area contributed by atoms with Gasteiger partial charge in [0.1, 0.15) is 5.75 Å². The average Bonchev–Trinajstić information content (AvgIpc) is 2.26. The number of hydrogen-bond donors (Lipinski definition) is 0. The van der Waals surface area contributed by atoms with E-state index in [4.69, 9.17) is 4.74 Å². The van der Waals surface area contributed by atoms with E-state index >= 15 is 0 Å². The summed E-state index contributed by atoms with van der Waals surface area (Å²) in [7, 11) is 0. The summed E-state index contributed by atoms with van der Waals surface area (Å²) in [5, 5.41) is 0. The highest BCUT2D eigenvalue weighted by Gasteiger charge is 2.34. The van der Waals surface area contributed by atoms with Gasteiger partial charge in [0, 0.05) is 0 Å². The molecule has 1 nitrogen and oxygen atoms in total. The van der Waals surface area contributed by atoms with Crippen molar-refractivity contribution in [1.29, 1.82) is 0 Å². The van der Waals surface area contributed by atoms with Crippen molar-refractivity contribution in [2.45, 2.75) is 31.3 Å². The summed E-state index contributed by atoms with van der Waals surface area (Å²) in [5.41, 5.74) is -0.609. The third-order valence-electron chi connectivity index (χ3n) is 2.03. The largest absolute Gasteiger partial charge is 0.493 e. The Morgan fingerprint density at radius 2 is 1.94 bits per heavy atom. The summed E-state index contributed by atoms with van der Waals surface area (Å²) in [5.74, 6) is 0.966. The van der Waals surface area contributed by atoms with Crippen LogP contribution in [0.4, 0.5) is 13.2 Å². The molecule has 1 aromatic rings. The van der Waals surface area contributed by atoms with Crippen molar-refractivity contribution < 1.29 is 17.9 Å². The Bertz CT molecular complexity index is 363. The summed E-state index contributed by atoms with van der Waals surface area (Å²) in [6.45, 7) is 4.05. The van der Waals surface area contributed by atoms with Crippen LogP contribution in [0.1, 0.15) is 25.8 Å². The molecule has 0 heterocycles. The quantitative estimate of drug-likeness (QED) is 0.718. The van der Waals surface area contributed by atoms with Crippen molar-refractivity contribution in [2.24, 2.45) is 0 Å². The van der Waals surface area contributed by atoms with Gasteiger partial charge in [-0.05, 0) is 31.2 Å². The van der Waals surface area contributed by atoms with Gasteiger partial charge in [-0.2, -0.15) is 13.2 Å². The predicted octanol–water partition coefficient (Wildman–Crippen LogP) is 4.61. The standard InChI is InChI=1S/C12H15F3OS/c1-3-8-17-11-9(12(13,14)15)6-5-7-10(11)16-4-2/h5-7H,3-4,8H2,1-2H3. The fourth-order valence-electron chi connectivity index (χ4n) is 1.36. The van der Waals surface area contributed by atoms with Gasteiger partial charge in [0.2, 0.25) is 0 Å². The molecular weight excluding hydrogens is 249 g/mol. The Labute approximate surface area is 103 Å². The first-order valence-electron chi connectivity index (χ1n) is 5.46. The SMILES string of the molecule is CCCSc1c(OCC)cccc1C(F)(F)F. The van der Waals surface area contributed by atoms with Crippen molar-refractivity contribution in [1.82, 2.24) is 0 Å². The summed E-state index contributed by atoms with van der Waals surface area (Å²) in [6.07, 6.45) is -3.51. The van der Waals surface area contributed by atoms with Crippen LogP contribution in [0.15, 0.2) is 23.1 Å². The van der Waals surface area contributed by atoms with Crippen molar-refractivity contribution in [3.63, 3.8) is 0 Å². The van der Waals surface area contributed by atoms with Gasteiger partial charge in [-0.3, -0.25) is 0 Å². The van der Waals surface area contributed by atoms with Gasteiger partial charge in [0.25, 0.3) is 0 Å². The number of rotatable bonds is 5. The third kappa shape index (κ3) is 3.84. The van der Waals surface area contributed by atoms with Crippen LogP contribution in [0.25, 0.3) is 0 Å². The maximum Gasteiger partial charge on any atom is 0.417 e. The molecule has 0 bridgehead atoms. The number of ether oxygens (including phenoxy) is 1. The lowest BCUT2D eigenvalue weighted by molar-refractivity contribution is -0.139. The van der Waals surface area contributed by atoms with Crippen LogP contribution in [0.3, 0.4) is 0 Å². The van der Waals surface area contributed by atoms with E-state index in [1.807, 2.05) is 6.92 Å². The molecule has 1 rings (SSSR count). The number of hydrogen-bond acceptors (Lipinski definition) is 2. The lowest BCUT2D eigenvalue weighted by Crippen LogP contribution is -2.08. The van der Waals surface area contributed by atoms with E-state index in [9.17, 15) is 13.2 Å². The van der Waals surface area contributed by atoms with E-state index in [0.29, 0.717) is 18.1 Å². The first-order valence-corrected chi connectivity index (χ1v) is 6.45. The monoisotopic (exact) mass is 264 g/mol. The molecule has 0 saturated heterocycles. The molecule has 0 amide bonds. The Kier molecular flexibility index (Phi) is 5.18. The minimum absolute atomic E-state index is 0.198. The number of alkyl halides is 3. The van der Waals surface area contributed by atoms with E-state index in [2.05, 4.69) is 0 Å². The zero-order valence-corrected chi connectivity index (χ0v) is 10.6. The second-order valence-corrected chi connectivity index (χ2v) is 4.52. The maximum atomic E-state index is 12.8. The molecule has 17 heavy (non-hydrogen) atoms. The summed E-state index contributed by atoms with van der Waals surface area (Å²) >= 11 is 1.20. The van der Waals surface area contributed by atoms with Gasteiger partial charge in [-0.15, -0.1) is 11.8 Å². The van der Waals surface area contributed by atoms with Crippen LogP contribution in [-0.4, -0.2) is 12.4 Å². The molecule has 0 spiro atoms. The molecule has 0 saturated carbocycles. The molecule has 0 unspecified atom stereocenters.